The van der Waals surface area contributed by atoms with E-state index in [9.17, 15) is 4.79 Å². The number of nitrogens with zero attached hydrogens (tertiary/aromatic N) is 1. The first kappa shape index (κ1) is 22.4. The predicted molar refractivity (Wildman–Crippen MR) is 117 cm³/mol. The molecule has 1 amide bonds. The number of hydrogen-bond acceptors (Lipinski definition) is 4. The van der Waals surface area contributed by atoms with Crippen LogP contribution < -0.4 is 10.1 Å². The van der Waals surface area contributed by atoms with E-state index in [2.05, 4.69) is 10.2 Å². The Morgan fingerprint density at radius 1 is 1.10 bits per heavy atom. The molecule has 0 aromatic heterocycles. The minimum Gasteiger partial charge on any atom is -0.489 e. The summed E-state index contributed by atoms with van der Waals surface area (Å²) in [5.41, 5.74) is 0.539. The van der Waals surface area contributed by atoms with Gasteiger partial charge in [0.2, 0.25) is 0 Å². The fourth-order valence-corrected chi connectivity index (χ4v) is 4.67. The summed E-state index contributed by atoms with van der Waals surface area (Å²) in [6.45, 7) is 3.17. The number of piperidine rings is 1. The number of rotatable bonds is 7. The van der Waals surface area contributed by atoms with Crippen LogP contribution in [0.2, 0.25) is 5.02 Å². The number of benzene rings is 1. The molecule has 1 saturated heterocycles. The molecule has 1 aliphatic heterocycles. The van der Waals surface area contributed by atoms with Crippen molar-refractivity contribution in [3.8, 4) is 5.75 Å². The second kappa shape index (κ2) is 11.8. The summed E-state index contributed by atoms with van der Waals surface area (Å²) in [6, 6.07) is 6.03. The van der Waals surface area contributed by atoms with Gasteiger partial charge in [0.25, 0.3) is 5.91 Å². The molecule has 0 atom stereocenters. The highest BCUT2D eigenvalue weighted by Crippen LogP contribution is 2.30. The van der Waals surface area contributed by atoms with E-state index >= 15 is 0 Å². The van der Waals surface area contributed by atoms with E-state index in [1.54, 1.807) is 19.2 Å². The van der Waals surface area contributed by atoms with Gasteiger partial charge in [0.05, 0.1) is 11.6 Å². The second-order valence-corrected chi connectivity index (χ2v) is 8.65. The maximum Gasteiger partial charge on any atom is 0.251 e. The predicted octanol–water partition coefficient (Wildman–Crippen LogP) is 4.67. The number of likely N-dealkylation sites (tertiary alicyclic amines) is 1. The Morgan fingerprint density at radius 3 is 2.45 bits per heavy atom. The van der Waals surface area contributed by atoms with Crippen LogP contribution in [0.3, 0.4) is 0 Å². The first-order valence-corrected chi connectivity index (χ1v) is 11.5. The van der Waals surface area contributed by atoms with Crippen molar-refractivity contribution >= 4 is 17.5 Å². The SMILES string of the molecule is COCCNC(=O)c1ccc(OC2CCN(C3CCCCCCC3)CC2)c(Cl)c1. The fourth-order valence-electron chi connectivity index (χ4n) is 4.44. The summed E-state index contributed by atoms with van der Waals surface area (Å²) in [7, 11) is 1.61. The molecule has 0 unspecified atom stereocenters. The number of carbonyl (C=O) groups excluding carboxylic acids is 1. The lowest BCUT2D eigenvalue weighted by molar-refractivity contribution is 0.0666. The van der Waals surface area contributed by atoms with E-state index in [4.69, 9.17) is 21.1 Å². The van der Waals surface area contributed by atoms with Crippen molar-refractivity contribution in [3.05, 3.63) is 28.8 Å². The highest BCUT2D eigenvalue weighted by Gasteiger charge is 2.26. The van der Waals surface area contributed by atoms with Gasteiger partial charge in [-0.1, -0.05) is 43.7 Å². The molecule has 2 fully saturated rings. The average molecular weight is 423 g/mol. The van der Waals surface area contributed by atoms with Crippen LogP contribution in [0.1, 0.15) is 68.1 Å². The molecule has 0 spiro atoms. The van der Waals surface area contributed by atoms with Gasteiger partial charge in [0.1, 0.15) is 11.9 Å². The molecule has 1 N–H and O–H groups in total. The summed E-state index contributed by atoms with van der Waals surface area (Å²) in [6.07, 6.45) is 11.9. The molecule has 0 radical (unpaired) electrons. The van der Waals surface area contributed by atoms with Crippen LogP contribution in [-0.4, -0.2) is 56.3 Å². The number of nitrogens with one attached hydrogen (secondary N) is 1. The van der Waals surface area contributed by atoms with E-state index < -0.39 is 0 Å². The highest BCUT2D eigenvalue weighted by molar-refractivity contribution is 6.32. The zero-order valence-corrected chi connectivity index (χ0v) is 18.4. The molecular weight excluding hydrogens is 388 g/mol. The van der Waals surface area contributed by atoms with E-state index in [1.165, 1.54) is 44.9 Å². The summed E-state index contributed by atoms with van der Waals surface area (Å²) >= 11 is 6.40. The molecule has 2 aliphatic rings. The van der Waals surface area contributed by atoms with Crippen LogP contribution >= 0.6 is 11.6 Å². The fraction of sp³-hybridized carbons (Fsp3) is 0.696. The maximum absolute atomic E-state index is 12.1. The molecule has 1 aromatic rings. The lowest BCUT2D eigenvalue weighted by atomic mass is 9.94. The van der Waals surface area contributed by atoms with E-state index in [0.29, 0.717) is 29.5 Å². The van der Waals surface area contributed by atoms with Crippen LogP contribution in [0.25, 0.3) is 0 Å². The van der Waals surface area contributed by atoms with Crippen molar-refractivity contribution in [3.63, 3.8) is 0 Å². The van der Waals surface area contributed by atoms with Crippen molar-refractivity contribution in [1.82, 2.24) is 10.2 Å². The number of amides is 1. The number of methoxy groups -OCH3 is 1. The topological polar surface area (TPSA) is 50.8 Å². The van der Waals surface area contributed by atoms with Gasteiger partial charge < -0.3 is 19.7 Å². The maximum atomic E-state index is 12.1. The standard InChI is InChI=1S/C23H35ClN2O3/c1-28-16-13-25-23(27)18-9-10-22(21(24)17-18)29-20-11-14-26(15-12-20)19-7-5-3-2-4-6-8-19/h9-10,17,19-20H,2-8,11-16H2,1H3,(H,25,27). The summed E-state index contributed by atoms with van der Waals surface area (Å²) in [5, 5.41) is 3.30. The van der Waals surface area contributed by atoms with Gasteiger partial charge in [-0.2, -0.15) is 0 Å². The van der Waals surface area contributed by atoms with E-state index in [-0.39, 0.29) is 12.0 Å². The highest BCUT2D eigenvalue weighted by atomic mass is 35.5. The molecule has 1 saturated carbocycles. The molecule has 1 aliphatic carbocycles. The Labute approximate surface area is 180 Å². The molecule has 1 heterocycles. The van der Waals surface area contributed by atoms with E-state index in [1.807, 2.05) is 6.07 Å². The first-order chi connectivity index (χ1) is 14.2. The first-order valence-electron chi connectivity index (χ1n) is 11.1. The van der Waals surface area contributed by atoms with E-state index in [0.717, 1.165) is 32.0 Å². The third-order valence-electron chi connectivity index (χ3n) is 6.15. The second-order valence-electron chi connectivity index (χ2n) is 8.25. The molecule has 6 heteroatoms. The quantitative estimate of drug-likeness (QED) is 0.648. The Hall–Kier alpha value is -1.30. The number of hydrogen-bond donors (Lipinski definition) is 1. The Kier molecular flexibility index (Phi) is 9.09. The van der Waals surface area contributed by atoms with Gasteiger partial charge in [-0.3, -0.25) is 4.79 Å². The van der Waals surface area contributed by atoms with Crippen LogP contribution in [0, 0.1) is 0 Å². The Bertz CT molecular complexity index is 639. The van der Waals surface area contributed by atoms with Crippen molar-refractivity contribution in [2.75, 3.05) is 33.4 Å². The zero-order chi connectivity index (χ0) is 20.5. The lowest BCUT2D eigenvalue weighted by Gasteiger charge is -2.38. The summed E-state index contributed by atoms with van der Waals surface area (Å²) in [4.78, 5) is 14.8. The van der Waals surface area contributed by atoms with Crippen LogP contribution in [0.5, 0.6) is 5.75 Å². The summed E-state index contributed by atoms with van der Waals surface area (Å²) < 4.78 is 11.1. The van der Waals surface area contributed by atoms with Crippen LogP contribution in [0.15, 0.2) is 18.2 Å². The minimum atomic E-state index is -0.150. The lowest BCUT2D eigenvalue weighted by Crippen LogP contribution is -2.44. The largest absolute Gasteiger partial charge is 0.489 e. The average Bonchev–Trinajstić information content (AvgIpc) is 2.70. The number of ether oxygens (including phenoxy) is 2. The van der Waals surface area contributed by atoms with Gasteiger partial charge in [0.15, 0.2) is 0 Å². The Balaban J connectivity index is 1.47. The van der Waals surface area contributed by atoms with Crippen molar-refractivity contribution in [2.24, 2.45) is 0 Å². The molecule has 0 bridgehead atoms. The summed E-state index contributed by atoms with van der Waals surface area (Å²) in [5.74, 6) is 0.521. The van der Waals surface area contributed by atoms with Crippen LogP contribution in [-0.2, 0) is 4.74 Å². The Morgan fingerprint density at radius 2 is 1.79 bits per heavy atom. The zero-order valence-electron chi connectivity index (χ0n) is 17.6. The third kappa shape index (κ3) is 6.87. The van der Waals surface area contributed by atoms with Crippen LogP contribution in [0.4, 0.5) is 0 Å². The molecule has 1 aromatic carbocycles. The van der Waals surface area contributed by atoms with Gasteiger partial charge in [-0.05, 0) is 43.9 Å². The molecule has 5 nitrogen and oxygen atoms in total. The van der Waals surface area contributed by atoms with Gasteiger partial charge in [0, 0.05) is 38.3 Å². The van der Waals surface area contributed by atoms with Crippen molar-refractivity contribution < 1.29 is 14.3 Å². The monoisotopic (exact) mass is 422 g/mol. The number of carbonyl (C=O) groups is 1. The van der Waals surface area contributed by atoms with Gasteiger partial charge in [-0.15, -0.1) is 0 Å². The van der Waals surface area contributed by atoms with Gasteiger partial charge >= 0.3 is 0 Å². The normalized spacial score (nSPS) is 20.1. The van der Waals surface area contributed by atoms with Crippen molar-refractivity contribution in [1.29, 1.82) is 0 Å². The molecule has 162 valence electrons. The van der Waals surface area contributed by atoms with Crippen molar-refractivity contribution in [2.45, 2.75) is 69.9 Å². The van der Waals surface area contributed by atoms with Gasteiger partial charge in [-0.25, -0.2) is 0 Å². The third-order valence-corrected chi connectivity index (χ3v) is 6.44. The molecule has 3 rings (SSSR count). The smallest absolute Gasteiger partial charge is 0.251 e. The number of halogens is 1. The molecular formula is C23H35ClN2O3. The molecule has 29 heavy (non-hydrogen) atoms. The minimum absolute atomic E-state index is 0.150.